The summed E-state index contributed by atoms with van der Waals surface area (Å²) in [4.78, 5) is 11.9. The van der Waals surface area contributed by atoms with Crippen molar-refractivity contribution in [1.82, 2.24) is 0 Å². The van der Waals surface area contributed by atoms with E-state index >= 15 is 0 Å². The fraction of sp³-hybridized carbons (Fsp3) is 0.0714. The van der Waals surface area contributed by atoms with Gasteiger partial charge in [0.15, 0.2) is 0 Å². The van der Waals surface area contributed by atoms with E-state index in [2.05, 4.69) is 5.32 Å². The number of nitrogens with one attached hydrogen (secondary N) is 1. The minimum atomic E-state index is -0.910. The molecule has 2 aromatic rings. The molecule has 0 saturated carbocycles. The second-order valence-electron chi connectivity index (χ2n) is 3.75. The second-order valence-corrected chi connectivity index (χ2v) is 3.75. The van der Waals surface area contributed by atoms with Crippen LogP contribution in [0.2, 0.25) is 0 Å². The number of hydrogen-bond donors (Lipinski definition) is 1. The Bertz CT molecular complexity index is 594. The van der Waals surface area contributed by atoms with Crippen molar-refractivity contribution < 1.29 is 18.3 Å². The number of hydrogen-bond acceptors (Lipinski definition) is 2. The normalized spacial score (nSPS) is 10.1. The molecule has 5 heteroatoms. The fourth-order valence-corrected chi connectivity index (χ4v) is 1.65. The van der Waals surface area contributed by atoms with Gasteiger partial charge in [0.1, 0.15) is 22.9 Å². The van der Waals surface area contributed by atoms with Crippen molar-refractivity contribution in [2.24, 2.45) is 0 Å². The van der Waals surface area contributed by atoms with Crippen molar-refractivity contribution >= 4 is 11.6 Å². The lowest BCUT2D eigenvalue weighted by Gasteiger charge is -2.10. The molecule has 0 bridgehead atoms. The lowest BCUT2D eigenvalue weighted by molar-refractivity contribution is 0.101. The summed E-state index contributed by atoms with van der Waals surface area (Å²) in [6, 6.07) is 9.86. The lowest BCUT2D eigenvalue weighted by atomic mass is 10.1. The number of carbonyl (C=O) groups excluding carboxylic acids is 1. The molecule has 98 valence electrons. The fourth-order valence-electron chi connectivity index (χ4n) is 1.65. The van der Waals surface area contributed by atoms with Crippen LogP contribution in [0.1, 0.15) is 10.4 Å². The van der Waals surface area contributed by atoms with Crippen molar-refractivity contribution in [1.29, 1.82) is 0 Å². The first kappa shape index (κ1) is 13.0. The van der Waals surface area contributed by atoms with Crippen LogP contribution in [0.25, 0.3) is 0 Å². The van der Waals surface area contributed by atoms with Gasteiger partial charge in [-0.05, 0) is 24.3 Å². The highest BCUT2D eigenvalue weighted by atomic mass is 19.1. The maximum Gasteiger partial charge on any atom is 0.261 e. The van der Waals surface area contributed by atoms with Gasteiger partial charge in [0.05, 0.1) is 12.8 Å². The molecule has 0 saturated heterocycles. The van der Waals surface area contributed by atoms with Gasteiger partial charge in [-0.1, -0.05) is 18.2 Å². The van der Waals surface area contributed by atoms with Crippen molar-refractivity contribution in [3.05, 3.63) is 59.7 Å². The molecule has 0 unspecified atom stereocenters. The van der Waals surface area contributed by atoms with E-state index in [9.17, 15) is 13.6 Å². The van der Waals surface area contributed by atoms with Gasteiger partial charge in [-0.25, -0.2) is 8.78 Å². The number of halogens is 2. The van der Waals surface area contributed by atoms with Crippen molar-refractivity contribution in [3.8, 4) is 5.75 Å². The van der Waals surface area contributed by atoms with Gasteiger partial charge in [-0.3, -0.25) is 4.79 Å². The van der Waals surface area contributed by atoms with Crippen LogP contribution in [0.3, 0.4) is 0 Å². The molecule has 0 atom stereocenters. The van der Waals surface area contributed by atoms with E-state index in [1.807, 2.05) is 0 Å². The number of ether oxygens (including phenoxy) is 1. The van der Waals surface area contributed by atoms with E-state index in [4.69, 9.17) is 4.74 Å². The van der Waals surface area contributed by atoms with Crippen molar-refractivity contribution in [2.75, 3.05) is 12.4 Å². The molecule has 2 aromatic carbocycles. The highest BCUT2D eigenvalue weighted by molar-refractivity contribution is 6.05. The predicted octanol–water partition coefficient (Wildman–Crippen LogP) is 3.23. The number of benzene rings is 2. The highest BCUT2D eigenvalue weighted by Gasteiger charge is 2.18. The minimum absolute atomic E-state index is 0.345. The standard InChI is InChI=1S/C14H11F2NO2/c1-19-12-8-3-2-7-11(12)17-14(18)13-9(15)5-4-6-10(13)16/h2-8H,1H3,(H,17,18). The molecular formula is C14H11F2NO2. The summed E-state index contributed by atoms with van der Waals surface area (Å²) in [6.07, 6.45) is 0. The molecule has 0 fully saturated rings. The molecule has 2 rings (SSSR count). The average molecular weight is 263 g/mol. The third-order valence-electron chi connectivity index (χ3n) is 2.54. The predicted molar refractivity (Wildman–Crippen MR) is 67.3 cm³/mol. The van der Waals surface area contributed by atoms with Crippen molar-refractivity contribution in [2.45, 2.75) is 0 Å². The number of methoxy groups -OCH3 is 1. The Hall–Kier alpha value is -2.43. The quantitative estimate of drug-likeness (QED) is 0.923. The number of anilines is 1. The van der Waals surface area contributed by atoms with E-state index < -0.39 is 23.1 Å². The Labute approximate surface area is 108 Å². The summed E-state index contributed by atoms with van der Waals surface area (Å²) in [5, 5.41) is 2.42. The third kappa shape index (κ3) is 2.70. The zero-order chi connectivity index (χ0) is 13.8. The molecule has 0 radical (unpaired) electrons. The monoisotopic (exact) mass is 263 g/mol. The highest BCUT2D eigenvalue weighted by Crippen LogP contribution is 2.24. The van der Waals surface area contributed by atoms with Gasteiger partial charge in [0.2, 0.25) is 0 Å². The molecule has 1 N–H and O–H groups in total. The van der Waals surface area contributed by atoms with Crippen LogP contribution in [0.4, 0.5) is 14.5 Å². The van der Waals surface area contributed by atoms with Gasteiger partial charge in [0, 0.05) is 0 Å². The topological polar surface area (TPSA) is 38.3 Å². The summed E-state index contributed by atoms with van der Waals surface area (Å²) in [6.45, 7) is 0. The van der Waals surface area contributed by atoms with Gasteiger partial charge >= 0.3 is 0 Å². The molecule has 0 heterocycles. The number of carbonyl (C=O) groups is 1. The van der Waals surface area contributed by atoms with Crippen LogP contribution in [-0.2, 0) is 0 Å². The zero-order valence-electron chi connectivity index (χ0n) is 10.1. The first-order valence-corrected chi connectivity index (χ1v) is 5.52. The largest absolute Gasteiger partial charge is 0.495 e. The maximum atomic E-state index is 13.5. The van der Waals surface area contributed by atoms with Crippen molar-refractivity contribution in [3.63, 3.8) is 0 Å². The Morgan fingerprint density at radius 3 is 2.32 bits per heavy atom. The van der Waals surface area contributed by atoms with Crippen LogP contribution in [0.5, 0.6) is 5.75 Å². The van der Waals surface area contributed by atoms with Gasteiger partial charge < -0.3 is 10.1 Å². The number of para-hydroxylation sites is 2. The van der Waals surface area contributed by atoms with Gasteiger partial charge in [-0.15, -0.1) is 0 Å². The Morgan fingerprint density at radius 2 is 1.68 bits per heavy atom. The summed E-state index contributed by atoms with van der Waals surface area (Å²) < 4.78 is 31.9. The first-order valence-electron chi connectivity index (χ1n) is 5.52. The first-order chi connectivity index (χ1) is 9.13. The van der Waals surface area contributed by atoms with E-state index in [0.717, 1.165) is 12.1 Å². The lowest BCUT2D eigenvalue weighted by Crippen LogP contribution is -2.16. The van der Waals surface area contributed by atoms with Crippen LogP contribution in [0, 0.1) is 11.6 Å². The second kappa shape index (κ2) is 5.48. The SMILES string of the molecule is COc1ccccc1NC(=O)c1c(F)cccc1F. The molecular weight excluding hydrogens is 252 g/mol. The minimum Gasteiger partial charge on any atom is -0.495 e. The molecule has 19 heavy (non-hydrogen) atoms. The average Bonchev–Trinajstić information content (AvgIpc) is 2.39. The Kier molecular flexibility index (Phi) is 3.75. The Balaban J connectivity index is 2.31. The zero-order valence-corrected chi connectivity index (χ0v) is 10.1. The third-order valence-corrected chi connectivity index (χ3v) is 2.54. The summed E-state index contributed by atoms with van der Waals surface area (Å²) in [5.74, 6) is -2.27. The van der Waals surface area contributed by atoms with E-state index in [1.54, 1.807) is 24.3 Å². The van der Waals surface area contributed by atoms with E-state index in [1.165, 1.54) is 13.2 Å². The van der Waals surface area contributed by atoms with Gasteiger partial charge in [0.25, 0.3) is 5.91 Å². The maximum absolute atomic E-state index is 13.5. The molecule has 0 aliphatic rings. The number of amides is 1. The smallest absolute Gasteiger partial charge is 0.261 e. The molecule has 0 aliphatic heterocycles. The molecule has 3 nitrogen and oxygen atoms in total. The van der Waals surface area contributed by atoms with Crippen LogP contribution in [-0.4, -0.2) is 13.0 Å². The molecule has 0 aromatic heterocycles. The summed E-state index contributed by atoms with van der Waals surface area (Å²) in [5.41, 5.74) is -0.272. The van der Waals surface area contributed by atoms with E-state index in [-0.39, 0.29) is 0 Å². The summed E-state index contributed by atoms with van der Waals surface area (Å²) >= 11 is 0. The van der Waals surface area contributed by atoms with Crippen LogP contribution >= 0.6 is 0 Å². The molecule has 0 aliphatic carbocycles. The number of rotatable bonds is 3. The van der Waals surface area contributed by atoms with Crippen LogP contribution in [0.15, 0.2) is 42.5 Å². The Morgan fingerprint density at radius 1 is 1.05 bits per heavy atom. The van der Waals surface area contributed by atoms with E-state index in [0.29, 0.717) is 11.4 Å². The van der Waals surface area contributed by atoms with Crippen LogP contribution < -0.4 is 10.1 Å². The summed E-state index contributed by atoms with van der Waals surface area (Å²) in [7, 11) is 1.44. The molecule has 0 spiro atoms. The van der Waals surface area contributed by atoms with Gasteiger partial charge in [-0.2, -0.15) is 0 Å². The molecule has 1 amide bonds.